The summed E-state index contributed by atoms with van der Waals surface area (Å²) in [5.41, 5.74) is 4.81. The van der Waals surface area contributed by atoms with E-state index >= 15 is 0 Å². The van der Waals surface area contributed by atoms with Crippen LogP contribution in [0.2, 0.25) is 10.0 Å². The van der Waals surface area contributed by atoms with E-state index < -0.39 is 17.4 Å². The van der Waals surface area contributed by atoms with E-state index in [1.54, 1.807) is 12.1 Å². The number of ether oxygens (including phenoxy) is 1. The number of benzene rings is 1. The standard InChI is InChI=1S/C15H15Cl2N5O4/c1-21-12-11(13(24)20-15(21)25)22(14(18)19-12)5-8(23)6-26-10-3-2-7(16)4-9(10)17/h2-4,8,23H,5-6H2,1H3,(H2,18,19)(H,20,24,25)/t8-/m0/s1. The van der Waals surface area contributed by atoms with Gasteiger partial charge in [-0.05, 0) is 18.2 Å². The van der Waals surface area contributed by atoms with E-state index in [4.69, 9.17) is 33.7 Å². The average molecular weight is 400 g/mol. The van der Waals surface area contributed by atoms with Crippen LogP contribution in [0.15, 0.2) is 27.8 Å². The van der Waals surface area contributed by atoms with Gasteiger partial charge in [-0.2, -0.15) is 4.98 Å². The molecule has 0 fully saturated rings. The van der Waals surface area contributed by atoms with Crippen molar-refractivity contribution in [3.8, 4) is 5.75 Å². The highest BCUT2D eigenvalue weighted by atomic mass is 35.5. The lowest BCUT2D eigenvalue weighted by atomic mass is 10.3. The van der Waals surface area contributed by atoms with Gasteiger partial charge in [0.05, 0.1) is 11.6 Å². The second kappa shape index (κ2) is 7.02. The molecular weight excluding hydrogens is 385 g/mol. The summed E-state index contributed by atoms with van der Waals surface area (Å²) in [5, 5.41) is 11.0. The third-order valence-electron chi connectivity index (χ3n) is 3.76. The maximum Gasteiger partial charge on any atom is 0.329 e. The molecule has 11 heteroatoms. The Bertz CT molecular complexity index is 1090. The number of anilines is 1. The zero-order chi connectivity index (χ0) is 19.0. The Hall–Kier alpha value is -2.49. The number of fused-ring (bicyclic) bond motifs is 1. The van der Waals surface area contributed by atoms with Gasteiger partial charge in [-0.1, -0.05) is 23.2 Å². The minimum Gasteiger partial charge on any atom is -0.489 e. The number of aliphatic hydroxyl groups excluding tert-OH is 1. The molecule has 3 aromatic rings. The quantitative estimate of drug-likeness (QED) is 0.580. The summed E-state index contributed by atoms with van der Waals surface area (Å²) in [7, 11) is 1.46. The third kappa shape index (κ3) is 3.41. The van der Waals surface area contributed by atoms with Crippen LogP contribution in [0.5, 0.6) is 5.75 Å². The second-order valence-electron chi connectivity index (χ2n) is 5.61. The molecule has 0 bridgehead atoms. The van der Waals surface area contributed by atoms with E-state index in [0.29, 0.717) is 15.8 Å². The molecule has 0 aliphatic heterocycles. The average Bonchev–Trinajstić information content (AvgIpc) is 2.89. The van der Waals surface area contributed by atoms with Crippen LogP contribution in [0.4, 0.5) is 5.95 Å². The smallest absolute Gasteiger partial charge is 0.329 e. The van der Waals surface area contributed by atoms with Crippen LogP contribution < -0.4 is 21.7 Å². The van der Waals surface area contributed by atoms with Crippen LogP contribution in [0.3, 0.4) is 0 Å². The highest BCUT2D eigenvalue weighted by Crippen LogP contribution is 2.27. The van der Waals surface area contributed by atoms with E-state index in [0.717, 1.165) is 0 Å². The third-order valence-corrected chi connectivity index (χ3v) is 4.29. The molecule has 4 N–H and O–H groups in total. The van der Waals surface area contributed by atoms with Crippen molar-refractivity contribution in [1.82, 2.24) is 19.1 Å². The first-order chi connectivity index (χ1) is 12.3. The van der Waals surface area contributed by atoms with Crippen molar-refractivity contribution >= 4 is 40.3 Å². The fourth-order valence-electron chi connectivity index (χ4n) is 2.48. The number of rotatable bonds is 5. The summed E-state index contributed by atoms with van der Waals surface area (Å²) >= 11 is 11.8. The lowest BCUT2D eigenvalue weighted by Crippen LogP contribution is -2.30. The van der Waals surface area contributed by atoms with Gasteiger partial charge in [0, 0.05) is 12.1 Å². The number of aryl methyl sites for hydroxylation is 1. The van der Waals surface area contributed by atoms with E-state index in [1.807, 2.05) is 0 Å². The van der Waals surface area contributed by atoms with Crippen LogP contribution in [0.1, 0.15) is 0 Å². The van der Waals surface area contributed by atoms with Gasteiger partial charge in [0.2, 0.25) is 5.95 Å². The molecule has 0 amide bonds. The maximum atomic E-state index is 12.1. The molecule has 26 heavy (non-hydrogen) atoms. The van der Waals surface area contributed by atoms with Gasteiger partial charge in [-0.3, -0.25) is 14.3 Å². The van der Waals surface area contributed by atoms with Crippen LogP contribution >= 0.6 is 23.2 Å². The zero-order valence-corrected chi connectivity index (χ0v) is 15.1. The predicted octanol–water partition coefficient (Wildman–Crippen LogP) is 0.752. The summed E-state index contributed by atoms with van der Waals surface area (Å²) in [5.74, 6) is 0.356. The summed E-state index contributed by atoms with van der Waals surface area (Å²) in [6.07, 6.45) is -1.02. The summed E-state index contributed by atoms with van der Waals surface area (Å²) in [6.45, 7) is -0.168. The Kier molecular flexibility index (Phi) is 4.94. The minimum atomic E-state index is -1.02. The fourth-order valence-corrected chi connectivity index (χ4v) is 2.94. The number of nitrogens with two attached hydrogens (primary N) is 1. The molecular formula is C15H15Cl2N5O4. The molecule has 0 saturated carbocycles. The number of imidazole rings is 1. The van der Waals surface area contributed by atoms with Crippen molar-refractivity contribution in [3.63, 3.8) is 0 Å². The monoisotopic (exact) mass is 399 g/mol. The normalized spacial score (nSPS) is 12.5. The lowest BCUT2D eigenvalue weighted by molar-refractivity contribution is 0.0939. The van der Waals surface area contributed by atoms with E-state index in [9.17, 15) is 14.7 Å². The first-order valence-corrected chi connectivity index (χ1v) is 8.24. The number of halogens is 2. The number of aromatic nitrogens is 4. The van der Waals surface area contributed by atoms with Crippen LogP contribution in [0.25, 0.3) is 11.2 Å². The zero-order valence-electron chi connectivity index (χ0n) is 13.6. The van der Waals surface area contributed by atoms with Crippen LogP contribution in [0, 0.1) is 0 Å². The van der Waals surface area contributed by atoms with Gasteiger partial charge < -0.3 is 20.1 Å². The Morgan fingerprint density at radius 1 is 1.38 bits per heavy atom. The fraction of sp³-hybridized carbons (Fsp3) is 0.267. The number of nitrogens with one attached hydrogen (secondary N) is 1. The number of aromatic amines is 1. The number of hydrogen-bond donors (Lipinski definition) is 3. The van der Waals surface area contributed by atoms with Crippen LogP contribution in [-0.4, -0.2) is 36.9 Å². The van der Waals surface area contributed by atoms with Crippen molar-refractivity contribution in [1.29, 1.82) is 0 Å². The molecule has 3 rings (SSSR count). The number of nitrogens with zero attached hydrogens (tertiary/aromatic N) is 3. The first kappa shape index (κ1) is 18.3. The van der Waals surface area contributed by atoms with Crippen molar-refractivity contribution in [3.05, 3.63) is 49.1 Å². The van der Waals surface area contributed by atoms with Crippen molar-refractivity contribution < 1.29 is 9.84 Å². The molecule has 0 unspecified atom stereocenters. The van der Waals surface area contributed by atoms with Gasteiger partial charge in [0.25, 0.3) is 5.56 Å². The molecule has 0 aliphatic carbocycles. The van der Waals surface area contributed by atoms with Crippen molar-refractivity contribution in [2.75, 3.05) is 12.3 Å². The Balaban J connectivity index is 1.82. The van der Waals surface area contributed by atoms with Gasteiger partial charge in [0.1, 0.15) is 18.5 Å². The minimum absolute atomic E-state index is 0.00437. The van der Waals surface area contributed by atoms with Gasteiger partial charge in [0.15, 0.2) is 11.2 Å². The van der Waals surface area contributed by atoms with Gasteiger partial charge >= 0.3 is 5.69 Å². The summed E-state index contributed by atoms with van der Waals surface area (Å²) in [6, 6.07) is 4.71. The Morgan fingerprint density at radius 2 is 2.12 bits per heavy atom. The molecule has 0 aliphatic rings. The molecule has 9 nitrogen and oxygen atoms in total. The summed E-state index contributed by atoms with van der Waals surface area (Å²) in [4.78, 5) is 29.9. The van der Waals surface area contributed by atoms with Crippen LogP contribution in [-0.2, 0) is 13.6 Å². The molecule has 1 atom stereocenters. The van der Waals surface area contributed by atoms with Crippen molar-refractivity contribution in [2.24, 2.45) is 7.05 Å². The maximum absolute atomic E-state index is 12.1. The molecule has 1 aromatic carbocycles. The Labute approximate surface area is 156 Å². The lowest BCUT2D eigenvalue weighted by Gasteiger charge is -2.15. The number of nitrogen functional groups attached to an aromatic ring is 1. The largest absolute Gasteiger partial charge is 0.489 e. The van der Waals surface area contributed by atoms with E-state index in [2.05, 4.69) is 9.97 Å². The van der Waals surface area contributed by atoms with Gasteiger partial charge in [-0.15, -0.1) is 0 Å². The Morgan fingerprint density at radius 3 is 2.81 bits per heavy atom. The SMILES string of the molecule is Cn1c(=O)[nH]c(=O)c2c1nc(N)n2C[C@H](O)COc1ccc(Cl)cc1Cl. The number of hydrogen-bond acceptors (Lipinski definition) is 6. The molecule has 0 radical (unpaired) electrons. The van der Waals surface area contributed by atoms with E-state index in [-0.39, 0.29) is 30.3 Å². The second-order valence-corrected chi connectivity index (χ2v) is 6.45. The highest BCUT2D eigenvalue weighted by molar-refractivity contribution is 6.35. The topological polar surface area (TPSA) is 128 Å². The molecule has 2 heterocycles. The molecule has 0 saturated heterocycles. The summed E-state index contributed by atoms with van der Waals surface area (Å²) < 4.78 is 7.96. The molecule has 138 valence electrons. The first-order valence-electron chi connectivity index (χ1n) is 7.49. The predicted molar refractivity (Wildman–Crippen MR) is 98.0 cm³/mol. The van der Waals surface area contributed by atoms with E-state index in [1.165, 1.54) is 22.2 Å². The number of H-pyrrole nitrogens is 1. The van der Waals surface area contributed by atoms with Gasteiger partial charge in [-0.25, -0.2) is 4.79 Å². The molecule has 2 aromatic heterocycles. The number of aliphatic hydroxyl groups is 1. The molecule has 0 spiro atoms. The highest BCUT2D eigenvalue weighted by Gasteiger charge is 2.18. The van der Waals surface area contributed by atoms with Crippen molar-refractivity contribution in [2.45, 2.75) is 12.6 Å².